The molecule has 1 aromatic rings. The van der Waals surface area contributed by atoms with E-state index < -0.39 is 0 Å². The maximum atomic E-state index is 13.2. The van der Waals surface area contributed by atoms with Crippen LogP contribution in [0.15, 0.2) is 18.2 Å². The molecule has 0 bridgehead atoms. The second kappa shape index (κ2) is 6.04. The van der Waals surface area contributed by atoms with Gasteiger partial charge in [0.05, 0.1) is 0 Å². The molecule has 0 aromatic heterocycles. The number of aryl methyl sites for hydroxylation is 1. The van der Waals surface area contributed by atoms with Crippen LogP contribution >= 0.6 is 0 Å². The lowest BCUT2D eigenvalue weighted by molar-refractivity contribution is 0.142. The average molecular weight is 263 g/mol. The van der Waals surface area contributed by atoms with Gasteiger partial charge in [0, 0.05) is 0 Å². The summed E-state index contributed by atoms with van der Waals surface area (Å²) in [7, 11) is 0. The molecular formula is C17H26FN. The van der Waals surface area contributed by atoms with E-state index in [1.165, 1.54) is 37.7 Å². The molecule has 1 aliphatic carbocycles. The van der Waals surface area contributed by atoms with Gasteiger partial charge in [-0.25, -0.2) is 4.39 Å². The van der Waals surface area contributed by atoms with Crippen LogP contribution in [0, 0.1) is 24.1 Å². The molecule has 0 amide bonds. The minimum absolute atomic E-state index is 0.141. The van der Waals surface area contributed by atoms with Gasteiger partial charge in [0.25, 0.3) is 0 Å². The Morgan fingerprint density at radius 1 is 1.42 bits per heavy atom. The molecule has 2 unspecified atom stereocenters. The summed E-state index contributed by atoms with van der Waals surface area (Å²) in [4.78, 5) is 0. The molecule has 1 fully saturated rings. The van der Waals surface area contributed by atoms with E-state index in [0.29, 0.717) is 0 Å². The van der Waals surface area contributed by atoms with E-state index in [2.05, 4.69) is 6.92 Å². The summed E-state index contributed by atoms with van der Waals surface area (Å²) in [6.07, 6.45) is 7.35. The highest BCUT2D eigenvalue weighted by atomic mass is 19.1. The first kappa shape index (κ1) is 14.5. The molecule has 0 spiro atoms. The largest absolute Gasteiger partial charge is 0.330 e. The molecule has 0 aliphatic heterocycles. The van der Waals surface area contributed by atoms with Crippen LogP contribution in [0.2, 0.25) is 0 Å². The molecule has 0 saturated heterocycles. The zero-order valence-corrected chi connectivity index (χ0v) is 12.2. The first-order chi connectivity index (χ1) is 9.08. The van der Waals surface area contributed by atoms with E-state index >= 15 is 0 Å². The summed E-state index contributed by atoms with van der Waals surface area (Å²) >= 11 is 0. The van der Waals surface area contributed by atoms with Crippen molar-refractivity contribution < 1.29 is 4.39 Å². The van der Waals surface area contributed by atoms with E-state index in [9.17, 15) is 4.39 Å². The van der Waals surface area contributed by atoms with Gasteiger partial charge in [-0.15, -0.1) is 0 Å². The molecule has 1 nitrogen and oxygen atoms in total. The van der Waals surface area contributed by atoms with Gasteiger partial charge in [-0.3, -0.25) is 0 Å². The van der Waals surface area contributed by atoms with Gasteiger partial charge in [-0.2, -0.15) is 0 Å². The Morgan fingerprint density at radius 3 is 2.84 bits per heavy atom. The van der Waals surface area contributed by atoms with Gasteiger partial charge in [0.2, 0.25) is 0 Å². The van der Waals surface area contributed by atoms with Gasteiger partial charge in [-0.05, 0) is 67.3 Å². The quantitative estimate of drug-likeness (QED) is 0.864. The van der Waals surface area contributed by atoms with E-state index in [4.69, 9.17) is 5.73 Å². The molecule has 0 radical (unpaired) electrons. The smallest absolute Gasteiger partial charge is 0.123 e. The van der Waals surface area contributed by atoms with E-state index in [1.54, 1.807) is 12.1 Å². The van der Waals surface area contributed by atoms with Gasteiger partial charge in [-0.1, -0.05) is 32.3 Å². The Kier molecular flexibility index (Phi) is 4.62. The third kappa shape index (κ3) is 3.36. The van der Waals surface area contributed by atoms with Gasteiger partial charge >= 0.3 is 0 Å². The first-order valence-electron chi connectivity index (χ1n) is 7.53. The van der Waals surface area contributed by atoms with Crippen LogP contribution in [0.4, 0.5) is 4.39 Å². The molecule has 2 N–H and O–H groups in total. The fourth-order valence-electron chi connectivity index (χ4n) is 3.61. The highest BCUT2D eigenvalue weighted by Gasteiger charge is 2.34. The van der Waals surface area contributed by atoms with Crippen LogP contribution in [-0.4, -0.2) is 6.54 Å². The van der Waals surface area contributed by atoms with Gasteiger partial charge in [0.1, 0.15) is 5.82 Å². The molecule has 1 saturated carbocycles. The minimum Gasteiger partial charge on any atom is -0.330 e. The zero-order chi connectivity index (χ0) is 13.9. The molecule has 0 heterocycles. The van der Waals surface area contributed by atoms with Crippen molar-refractivity contribution in [3.8, 4) is 0 Å². The Bertz CT molecular complexity index is 429. The van der Waals surface area contributed by atoms with Crippen molar-refractivity contribution in [2.24, 2.45) is 17.1 Å². The highest BCUT2D eigenvalue weighted by Crippen LogP contribution is 2.42. The lowest BCUT2D eigenvalue weighted by Crippen LogP contribution is -2.38. The van der Waals surface area contributed by atoms with Crippen molar-refractivity contribution in [1.29, 1.82) is 0 Å². The minimum atomic E-state index is -0.141. The Morgan fingerprint density at radius 2 is 2.21 bits per heavy atom. The number of rotatable bonds is 4. The predicted molar refractivity (Wildman–Crippen MR) is 78.6 cm³/mol. The van der Waals surface area contributed by atoms with Crippen molar-refractivity contribution in [1.82, 2.24) is 0 Å². The van der Waals surface area contributed by atoms with Crippen LogP contribution < -0.4 is 5.73 Å². The maximum Gasteiger partial charge on any atom is 0.123 e. The highest BCUT2D eigenvalue weighted by molar-refractivity contribution is 5.28. The molecule has 1 aromatic carbocycles. The Hall–Kier alpha value is -0.890. The summed E-state index contributed by atoms with van der Waals surface area (Å²) in [5.74, 6) is 0.677. The maximum absolute atomic E-state index is 13.2. The number of benzene rings is 1. The van der Waals surface area contributed by atoms with E-state index in [0.717, 1.165) is 24.4 Å². The monoisotopic (exact) mass is 263 g/mol. The SMILES string of the molecule is CCC1CCCC(CN)(Cc2ccc(F)cc2C)C1. The second-order valence-corrected chi connectivity index (χ2v) is 6.32. The topological polar surface area (TPSA) is 26.0 Å². The van der Waals surface area contributed by atoms with Crippen molar-refractivity contribution in [2.45, 2.75) is 52.4 Å². The number of nitrogens with two attached hydrogens (primary N) is 1. The van der Waals surface area contributed by atoms with Crippen LogP contribution in [-0.2, 0) is 6.42 Å². The summed E-state index contributed by atoms with van der Waals surface area (Å²) in [5.41, 5.74) is 8.68. The van der Waals surface area contributed by atoms with Crippen molar-refractivity contribution >= 4 is 0 Å². The van der Waals surface area contributed by atoms with Crippen LogP contribution in [0.25, 0.3) is 0 Å². The van der Waals surface area contributed by atoms with Crippen molar-refractivity contribution in [3.05, 3.63) is 35.1 Å². The van der Waals surface area contributed by atoms with Gasteiger partial charge in [0.15, 0.2) is 0 Å². The van der Waals surface area contributed by atoms with E-state index in [1.807, 2.05) is 13.0 Å². The summed E-state index contributed by atoms with van der Waals surface area (Å²) in [6.45, 7) is 5.03. The third-order valence-electron chi connectivity index (χ3n) is 4.92. The van der Waals surface area contributed by atoms with Crippen LogP contribution in [0.3, 0.4) is 0 Å². The fraction of sp³-hybridized carbons (Fsp3) is 0.647. The molecule has 2 heteroatoms. The molecule has 19 heavy (non-hydrogen) atoms. The Labute approximate surface area is 116 Å². The number of halogens is 1. The second-order valence-electron chi connectivity index (χ2n) is 6.32. The summed E-state index contributed by atoms with van der Waals surface area (Å²) < 4.78 is 13.2. The first-order valence-corrected chi connectivity index (χ1v) is 7.53. The van der Waals surface area contributed by atoms with Crippen molar-refractivity contribution in [2.75, 3.05) is 6.54 Å². The molecule has 2 atom stereocenters. The molecular weight excluding hydrogens is 237 g/mol. The van der Waals surface area contributed by atoms with Gasteiger partial charge < -0.3 is 5.73 Å². The normalized spacial score (nSPS) is 27.5. The van der Waals surface area contributed by atoms with Crippen LogP contribution in [0.5, 0.6) is 0 Å². The lowest BCUT2D eigenvalue weighted by Gasteiger charge is -2.40. The van der Waals surface area contributed by atoms with E-state index in [-0.39, 0.29) is 11.2 Å². The standard InChI is InChI=1S/C17H26FN/c1-3-14-5-4-8-17(10-14,12-19)11-15-6-7-16(18)9-13(15)2/h6-7,9,14H,3-5,8,10-12,19H2,1-2H3. The Balaban J connectivity index is 2.17. The third-order valence-corrected chi connectivity index (χ3v) is 4.92. The average Bonchev–Trinajstić information content (AvgIpc) is 2.42. The number of hydrogen-bond donors (Lipinski definition) is 1. The van der Waals surface area contributed by atoms with Crippen LogP contribution in [0.1, 0.15) is 50.2 Å². The number of hydrogen-bond acceptors (Lipinski definition) is 1. The molecule has 1 aliphatic rings. The molecule has 106 valence electrons. The summed E-state index contributed by atoms with van der Waals surface area (Å²) in [5, 5.41) is 0. The zero-order valence-electron chi connectivity index (χ0n) is 12.2. The summed E-state index contributed by atoms with van der Waals surface area (Å²) in [6, 6.07) is 5.16. The van der Waals surface area contributed by atoms with Crippen molar-refractivity contribution in [3.63, 3.8) is 0 Å². The molecule has 2 rings (SSSR count). The lowest BCUT2D eigenvalue weighted by atomic mass is 9.66. The fourth-order valence-corrected chi connectivity index (χ4v) is 3.61. The predicted octanol–water partition coefficient (Wildman–Crippen LogP) is 4.22.